The fourth-order valence-corrected chi connectivity index (χ4v) is 5.72. The summed E-state index contributed by atoms with van der Waals surface area (Å²) in [5.41, 5.74) is 7.35. The SMILES string of the molecule is Cc1ccccc1[C@H]1c2[nH]c3ccccc3c2CCN1C(=O)c1c(C)nc2sccn12. The van der Waals surface area contributed by atoms with Gasteiger partial charge in [0.25, 0.3) is 5.91 Å². The van der Waals surface area contributed by atoms with Crippen molar-refractivity contribution in [2.24, 2.45) is 0 Å². The lowest BCUT2D eigenvalue weighted by molar-refractivity contribution is 0.0683. The molecule has 6 rings (SSSR count). The van der Waals surface area contributed by atoms with E-state index in [2.05, 4.69) is 65.4 Å². The van der Waals surface area contributed by atoms with E-state index in [1.165, 1.54) is 16.5 Å². The van der Waals surface area contributed by atoms with Crippen LogP contribution >= 0.6 is 11.3 Å². The van der Waals surface area contributed by atoms with Crippen LogP contribution < -0.4 is 0 Å². The smallest absolute Gasteiger partial charge is 0.273 e. The number of carbonyl (C=O) groups excluding carboxylic acids is 1. The molecule has 0 fully saturated rings. The number of benzene rings is 2. The summed E-state index contributed by atoms with van der Waals surface area (Å²) in [6.07, 6.45) is 2.77. The molecule has 0 saturated carbocycles. The van der Waals surface area contributed by atoms with Crippen LogP contribution in [0, 0.1) is 13.8 Å². The number of imidazole rings is 1. The first kappa shape index (κ1) is 18.4. The third-order valence-corrected chi connectivity index (χ3v) is 7.17. The van der Waals surface area contributed by atoms with Crippen LogP contribution in [0.15, 0.2) is 60.1 Å². The van der Waals surface area contributed by atoms with Crippen LogP contribution in [0.4, 0.5) is 0 Å². The van der Waals surface area contributed by atoms with Crippen molar-refractivity contribution in [2.75, 3.05) is 6.54 Å². The van der Waals surface area contributed by atoms with E-state index in [1.807, 2.05) is 27.8 Å². The highest BCUT2D eigenvalue weighted by atomic mass is 32.1. The summed E-state index contributed by atoms with van der Waals surface area (Å²) in [5, 5.41) is 3.23. The summed E-state index contributed by atoms with van der Waals surface area (Å²) in [5.74, 6) is 0.0287. The first-order valence-corrected chi connectivity index (χ1v) is 11.4. The number of amides is 1. The molecule has 0 spiro atoms. The van der Waals surface area contributed by atoms with Gasteiger partial charge in [0.05, 0.1) is 11.7 Å². The lowest BCUT2D eigenvalue weighted by Gasteiger charge is -2.37. The van der Waals surface area contributed by atoms with Crippen molar-refractivity contribution in [1.82, 2.24) is 19.3 Å². The Kier molecular flexibility index (Phi) is 4.05. The molecule has 0 bridgehead atoms. The lowest BCUT2D eigenvalue weighted by atomic mass is 9.90. The summed E-state index contributed by atoms with van der Waals surface area (Å²) in [6, 6.07) is 16.6. The highest BCUT2D eigenvalue weighted by molar-refractivity contribution is 7.15. The third-order valence-electron chi connectivity index (χ3n) is 6.42. The summed E-state index contributed by atoms with van der Waals surface area (Å²) in [4.78, 5) is 25.1. The molecule has 4 heterocycles. The van der Waals surface area contributed by atoms with E-state index in [-0.39, 0.29) is 11.9 Å². The maximum Gasteiger partial charge on any atom is 0.273 e. The number of thiazole rings is 1. The molecular weight excluding hydrogens is 404 g/mol. The molecule has 1 aliphatic heterocycles. The van der Waals surface area contributed by atoms with Gasteiger partial charge in [-0.15, -0.1) is 11.3 Å². The van der Waals surface area contributed by atoms with E-state index in [0.717, 1.165) is 33.8 Å². The monoisotopic (exact) mass is 426 g/mol. The van der Waals surface area contributed by atoms with Crippen LogP contribution in [-0.4, -0.2) is 31.7 Å². The van der Waals surface area contributed by atoms with Crippen LogP contribution in [0.2, 0.25) is 0 Å². The van der Waals surface area contributed by atoms with E-state index < -0.39 is 0 Å². The van der Waals surface area contributed by atoms with Crippen LogP contribution in [0.3, 0.4) is 0 Å². The van der Waals surface area contributed by atoms with Crippen molar-refractivity contribution in [3.8, 4) is 0 Å². The molecule has 0 saturated heterocycles. The van der Waals surface area contributed by atoms with Crippen molar-refractivity contribution < 1.29 is 4.79 Å². The molecule has 0 aliphatic carbocycles. The molecule has 0 unspecified atom stereocenters. The highest BCUT2D eigenvalue weighted by Crippen LogP contribution is 2.40. The number of carbonyl (C=O) groups is 1. The standard InChI is InChI=1S/C25H22N4OS/c1-15-7-3-4-8-17(15)23-21-19(18-9-5-6-10-20(18)27-21)11-12-28(23)24(30)22-16(2)26-25-29(22)13-14-31-25/h3-10,13-14,23,27H,11-12H2,1-2H3/t23-/m0/s1. The topological polar surface area (TPSA) is 53.4 Å². The van der Waals surface area contributed by atoms with Gasteiger partial charge in [-0.1, -0.05) is 42.5 Å². The molecule has 31 heavy (non-hydrogen) atoms. The van der Waals surface area contributed by atoms with Gasteiger partial charge in [0.15, 0.2) is 4.96 Å². The van der Waals surface area contributed by atoms with Gasteiger partial charge >= 0.3 is 0 Å². The summed E-state index contributed by atoms with van der Waals surface area (Å²) in [7, 11) is 0. The number of nitrogens with one attached hydrogen (secondary N) is 1. The Morgan fingerprint density at radius 3 is 2.81 bits per heavy atom. The Labute approximate surface area is 184 Å². The molecule has 5 aromatic rings. The van der Waals surface area contributed by atoms with Gasteiger partial charge in [0.2, 0.25) is 0 Å². The average molecular weight is 427 g/mol. The summed E-state index contributed by atoms with van der Waals surface area (Å²) < 4.78 is 1.93. The molecule has 1 N–H and O–H groups in total. The van der Waals surface area contributed by atoms with E-state index >= 15 is 0 Å². The van der Waals surface area contributed by atoms with E-state index in [1.54, 1.807) is 11.3 Å². The average Bonchev–Trinajstić information content (AvgIpc) is 3.45. The van der Waals surface area contributed by atoms with Crippen LogP contribution in [0.25, 0.3) is 15.9 Å². The number of fused-ring (bicyclic) bond motifs is 4. The second-order valence-electron chi connectivity index (χ2n) is 8.17. The molecule has 1 aliphatic rings. The number of hydrogen-bond acceptors (Lipinski definition) is 3. The molecule has 0 radical (unpaired) electrons. The van der Waals surface area contributed by atoms with Gasteiger partial charge in [0, 0.05) is 34.7 Å². The fraction of sp³-hybridized carbons (Fsp3) is 0.200. The maximum absolute atomic E-state index is 14.0. The van der Waals surface area contributed by atoms with Gasteiger partial charge in [-0.2, -0.15) is 0 Å². The quantitative estimate of drug-likeness (QED) is 0.417. The van der Waals surface area contributed by atoms with Crippen molar-refractivity contribution in [3.63, 3.8) is 0 Å². The first-order chi connectivity index (χ1) is 15.1. The molecule has 3 aromatic heterocycles. The number of H-pyrrole nitrogens is 1. The molecule has 1 amide bonds. The van der Waals surface area contributed by atoms with Gasteiger partial charge in [0.1, 0.15) is 5.69 Å². The molecular formula is C25H22N4OS. The van der Waals surface area contributed by atoms with Crippen molar-refractivity contribution >= 4 is 33.1 Å². The minimum atomic E-state index is -0.159. The minimum absolute atomic E-state index is 0.0287. The van der Waals surface area contributed by atoms with Gasteiger partial charge < -0.3 is 9.88 Å². The lowest BCUT2D eigenvalue weighted by Crippen LogP contribution is -2.41. The van der Waals surface area contributed by atoms with Crippen LogP contribution in [0.1, 0.15) is 44.6 Å². The van der Waals surface area contributed by atoms with Crippen molar-refractivity contribution in [2.45, 2.75) is 26.3 Å². The Bertz CT molecular complexity index is 1460. The Hall–Kier alpha value is -3.38. The van der Waals surface area contributed by atoms with Crippen LogP contribution in [-0.2, 0) is 6.42 Å². The van der Waals surface area contributed by atoms with E-state index in [9.17, 15) is 4.79 Å². The summed E-state index contributed by atoms with van der Waals surface area (Å²) >= 11 is 1.55. The predicted molar refractivity (Wildman–Crippen MR) is 124 cm³/mol. The minimum Gasteiger partial charge on any atom is -0.356 e. The van der Waals surface area contributed by atoms with E-state index in [4.69, 9.17) is 0 Å². The first-order valence-electron chi connectivity index (χ1n) is 10.5. The second-order valence-corrected chi connectivity index (χ2v) is 9.04. The fourth-order valence-electron chi connectivity index (χ4n) is 4.96. The number of para-hydroxylation sites is 1. The largest absolute Gasteiger partial charge is 0.356 e. The zero-order chi connectivity index (χ0) is 21.1. The number of aromatic nitrogens is 3. The zero-order valence-electron chi connectivity index (χ0n) is 17.4. The van der Waals surface area contributed by atoms with Gasteiger partial charge in [-0.25, -0.2) is 4.98 Å². The number of aryl methyl sites for hydroxylation is 2. The Balaban J connectivity index is 1.56. The number of hydrogen-bond donors (Lipinski definition) is 1. The number of nitrogens with zero attached hydrogens (tertiary/aromatic N) is 3. The Morgan fingerprint density at radius 2 is 1.94 bits per heavy atom. The normalized spacial score (nSPS) is 16.2. The molecule has 2 aromatic carbocycles. The van der Waals surface area contributed by atoms with Crippen molar-refractivity contribution in [1.29, 1.82) is 0 Å². The third kappa shape index (κ3) is 2.68. The molecule has 1 atom stereocenters. The van der Waals surface area contributed by atoms with Crippen molar-refractivity contribution in [3.05, 3.63) is 93.9 Å². The Morgan fingerprint density at radius 1 is 1.13 bits per heavy atom. The highest BCUT2D eigenvalue weighted by Gasteiger charge is 2.37. The molecule has 154 valence electrons. The second kappa shape index (κ2) is 6.82. The number of rotatable bonds is 2. The molecule has 5 nitrogen and oxygen atoms in total. The number of aromatic amines is 1. The van der Waals surface area contributed by atoms with Gasteiger partial charge in [-0.05, 0) is 43.0 Å². The van der Waals surface area contributed by atoms with Crippen LogP contribution in [0.5, 0.6) is 0 Å². The zero-order valence-corrected chi connectivity index (χ0v) is 18.2. The maximum atomic E-state index is 14.0. The van der Waals surface area contributed by atoms with Gasteiger partial charge in [-0.3, -0.25) is 9.20 Å². The molecule has 6 heteroatoms. The van der Waals surface area contributed by atoms with E-state index in [0.29, 0.717) is 12.2 Å². The summed E-state index contributed by atoms with van der Waals surface area (Å²) in [6.45, 7) is 4.72. The predicted octanol–water partition coefficient (Wildman–Crippen LogP) is 5.28.